The summed E-state index contributed by atoms with van der Waals surface area (Å²) in [4.78, 5) is 35.9. The number of thioether (sulfide) groups is 1. The van der Waals surface area contributed by atoms with Crippen LogP contribution in [-0.2, 0) is 35.7 Å². The van der Waals surface area contributed by atoms with Crippen molar-refractivity contribution in [2.75, 3.05) is 12.4 Å². The first-order chi connectivity index (χ1) is 18.8. The lowest BCUT2D eigenvalue weighted by Crippen LogP contribution is -2.38. The average molecular weight is 614 g/mol. The van der Waals surface area contributed by atoms with Crippen LogP contribution in [-0.4, -0.2) is 40.6 Å². The van der Waals surface area contributed by atoms with Crippen LogP contribution in [0.4, 0.5) is 8.78 Å². The molecule has 0 aliphatic carbocycles. The van der Waals surface area contributed by atoms with Crippen LogP contribution in [0.2, 0.25) is 0 Å². The first kappa shape index (κ1) is 31.9. The Morgan fingerprint density at radius 1 is 1.10 bits per heavy atom. The third kappa shape index (κ3) is 8.20. The number of rotatable bonds is 14. The van der Waals surface area contributed by atoms with Gasteiger partial charge in [0.1, 0.15) is 17.5 Å². The Labute approximate surface area is 238 Å². The summed E-state index contributed by atoms with van der Waals surface area (Å²) in [5.41, 5.74) is -4.12. The molecule has 0 radical (unpaired) electrons. The molecular formula is C27H30F2NO7PS2. The molecule has 2 N–H and O–H groups in total. The van der Waals surface area contributed by atoms with Crippen molar-refractivity contribution < 1.29 is 42.1 Å². The number of carboxylic acids is 1. The molecule has 0 fully saturated rings. The maximum absolute atomic E-state index is 15.9. The number of hydrogen-bond acceptors (Lipinski definition) is 8. The topological polar surface area (TPSA) is 119 Å². The number of ether oxygens (including phenoxy) is 1. The van der Waals surface area contributed by atoms with E-state index in [1.54, 1.807) is 30.3 Å². The summed E-state index contributed by atoms with van der Waals surface area (Å²) in [5.74, 6) is -2.01. The van der Waals surface area contributed by atoms with Crippen molar-refractivity contribution in [2.45, 2.75) is 45.5 Å². The van der Waals surface area contributed by atoms with Crippen molar-refractivity contribution in [1.29, 1.82) is 0 Å². The van der Waals surface area contributed by atoms with Gasteiger partial charge >= 0.3 is 25.1 Å². The summed E-state index contributed by atoms with van der Waals surface area (Å²) in [6.07, 6.45) is 0.292. The number of fused-ring (bicyclic) bond motifs is 1. The van der Waals surface area contributed by atoms with Crippen molar-refractivity contribution >= 4 is 57.8 Å². The summed E-state index contributed by atoms with van der Waals surface area (Å²) < 4.78 is 56.6. The highest BCUT2D eigenvalue weighted by Crippen LogP contribution is 2.63. The number of halogens is 2. The Balaban J connectivity index is 1.82. The summed E-state index contributed by atoms with van der Waals surface area (Å²) in [5, 5.41) is 11.5. The minimum Gasteiger partial charge on any atom is -0.477 e. The second-order valence-electron chi connectivity index (χ2n) is 9.36. The predicted octanol–water partition coefficient (Wildman–Crippen LogP) is 6.89. The minimum atomic E-state index is -5.15. The van der Waals surface area contributed by atoms with Gasteiger partial charge in [0.25, 0.3) is 0 Å². The highest BCUT2D eigenvalue weighted by molar-refractivity contribution is 8.13. The zero-order valence-electron chi connectivity index (χ0n) is 22.1. The second kappa shape index (κ2) is 13.8. The average Bonchev–Trinajstić information content (AvgIpc) is 3.34. The van der Waals surface area contributed by atoms with Crippen molar-refractivity contribution in [3.8, 4) is 0 Å². The van der Waals surface area contributed by atoms with Crippen molar-refractivity contribution in [1.82, 2.24) is 5.09 Å². The first-order valence-electron chi connectivity index (χ1n) is 12.4. The maximum atomic E-state index is 15.9. The molecule has 2 unspecified atom stereocenters. The number of aromatic carboxylic acids is 1. The second-order valence-corrected chi connectivity index (χ2v) is 13.8. The van der Waals surface area contributed by atoms with Crippen LogP contribution >= 0.6 is 30.6 Å². The number of hydrogen-bond donors (Lipinski definition) is 2. The molecule has 1 aromatic heterocycles. The van der Waals surface area contributed by atoms with Gasteiger partial charge in [0.05, 0.1) is 6.61 Å². The van der Waals surface area contributed by atoms with Crippen LogP contribution in [0.15, 0.2) is 54.6 Å². The number of carbonyl (C=O) groups excluding carboxylic acids is 2. The molecular weight excluding hydrogens is 583 g/mol. The summed E-state index contributed by atoms with van der Waals surface area (Å²) in [7, 11) is -5.15. The van der Waals surface area contributed by atoms with Gasteiger partial charge in [-0.3, -0.25) is 14.2 Å². The van der Waals surface area contributed by atoms with Crippen LogP contribution < -0.4 is 5.09 Å². The Morgan fingerprint density at radius 2 is 1.80 bits per heavy atom. The number of esters is 1. The van der Waals surface area contributed by atoms with Crippen LogP contribution in [0, 0.1) is 5.92 Å². The molecule has 0 spiro atoms. The van der Waals surface area contributed by atoms with Gasteiger partial charge in [-0.1, -0.05) is 62.0 Å². The van der Waals surface area contributed by atoms with E-state index in [0.717, 1.165) is 35.2 Å². The van der Waals surface area contributed by atoms with E-state index in [1.807, 2.05) is 13.8 Å². The van der Waals surface area contributed by atoms with Gasteiger partial charge in [-0.05, 0) is 42.0 Å². The smallest absolute Gasteiger partial charge is 0.360 e. The van der Waals surface area contributed by atoms with Crippen molar-refractivity contribution in [2.24, 2.45) is 5.92 Å². The SMILES string of the molecule is CC(C)CC(=O)SCCOP(=O)(NC(C)C(=O)OCc1ccccc1)C(F)(F)c1ccc2sc(C(=O)O)cc2c1. The quantitative estimate of drug-likeness (QED) is 0.114. The fourth-order valence-electron chi connectivity index (χ4n) is 3.58. The maximum Gasteiger partial charge on any atom is 0.360 e. The molecule has 3 aromatic rings. The molecule has 1 heterocycles. The van der Waals surface area contributed by atoms with Crippen LogP contribution in [0.3, 0.4) is 0 Å². The van der Waals surface area contributed by atoms with Crippen LogP contribution in [0.1, 0.15) is 48.0 Å². The van der Waals surface area contributed by atoms with E-state index < -0.39 is 43.3 Å². The number of carbonyl (C=O) groups is 3. The lowest BCUT2D eigenvalue weighted by molar-refractivity contribution is -0.146. The molecule has 0 aliphatic rings. The van der Waals surface area contributed by atoms with E-state index in [-0.39, 0.29) is 33.7 Å². The molecule has 13 heteroatoms. The first-order valence-corrected chi connectivity index (χ1v) is 15.8. The molecule has 40 heavy (non-hydrogen) atoms. The lowest BCUT2D eigenvalue weighted by Gasteiger charge is -2.29. The summed E-state index contributed by atoms with van der Waals surface area (Å²) >= 11 is 1.80. The van der Waals surface area contributed by atoms with Gasteiger partial charge in [0.15, 0.2) is 5.12 Å². The normalized spacial score (nSPS) is 14.2. The molecule has 8 nitrogen and oxygen atoms in total. The molecule has 3 rings (SSSR count). The van der Waals surface area contributed by atoms with Crippen molar-refractivity contribution in [3.63, 3.8) is 0 Å². The van der Waals surface area contributed by atoms with Crippen LogP contribution in [0.25, 0.3) is 10.1 Å². The largest absolute Gasteiger partial charge is 0.477 e. The van der Waals surface area contributed by atoms with E-state index in [1.165, 1.54) is 19.1 Å². The Bertz CT molecular complexity index is 1400. The van der Waals surface area contributed by atoms with E-state index in [2.05, 4.69) is 5.09 Å². The fourth-order valence-corrected chi connectivity index (χ4v) is 7.27. The summed E-state index contributed by atoms with van der Waals surface area (Å²) in [6, 6.07) is 12.0. The van der Waals surface area contributed by atoms with E-state index in [0.29, 0.717) is 16.7 Å². The Kier molecular flexibility index (Phi) is 11.0. The zero-order valence-corrected chi connectivity index (χ0v) is 24.6. The van der Waals surface area contributed by atoms with Gasteiger partial charge in [0, 0.05) is 22.4 Å². The highest BCUT2D eigenvalue weighted by atomic mass is 32.2. The van der Waals surface area contributed by atoms with Gasteiger partial charge in [-0.25, -0.2) is 9.88 Å². The molecule has 2 aromatic carbocycles. The van der Waals surface area contributed by atoms with Gasteiger partial charge in [0.2, 0.25) is 0 Å². The molecule has 216 valence electrons. The predicted molar refractivity (Wildman–Crippen MR) is 152 cm³/mol. The fraction of sp³-hybridized carbons (Fsp3) is 0.370. The van der Waals surface area contributed by atoms with Crippen LogP contribution in [0.5, 0.6) is 0 Å². The third-order valence-electron chi connectivity index (χ3n) is 5.58. The molecule has 0 saturated heterocycles. The standard InChI is InChI=1S/C27H30F2NO7PS2/c1-17(2)13-24(31)39-12-11-37-38(35,30-18(3)26(34)36-16-19-7-5-4-6-8-19)27(28,29)21-9-10-22-20(14-21)15-23(40-22)25(32)33/h4-10,14-15,17-18H,11-13,16H2,1-3H3,(H,30,35)(H,32,33). The highest BCUT2D eigenvalue weighted by Gasteiger charge is 2.54. The third-order valence-corrected chi connectivity index (χ3v) is 9.81. The van der Waals surface area contributed by atoms with E-state index in [4.69, 9.17) is 9.26 Å². The monoisotopic (exact) mass is 613 g/mol. The van der Waals surface area contributed by atoms with Gasteiger partial charge in [-0.2, -0.15) is 8.78 Å². The number of carboxylic acid groups (broad SMARTS) is 1. The lowest BCUT2D eigenvalue weighted by atomic mass is 10.1. The Morgan fingerprint density at radius 3 is 2.45 bits per heavy atom. The number of thiophene rings is 1. The minimum absolute atomic E-state index is 0.0221. The molecule has 2 atom stereocenters. The summed E-state index contributed by atoms with van der Waals surface area (Å²) in [6.45, 7) is 4.42. The molecule has 0 amide bonds. The zero-order chi connectivity index (χ0) is 29.5. The number of alkyl halides is 2. The van der Waals surface area contributed by atoms with Gasteiger partial charge < -0.3 is 14.4 Å². The molecule has 0 saturated carbocycles. The number of benzene rings is 2. The molecule has 0 bridgehead atoms. The molecule has 0 aliphatic heterocycles. The van der Waals surface area contributed by atoms with E-state index in [9.17, 15) is 24.1 Å². The number of nitrogens with one attached hydrogen (secondary N) is 1. The van der Waals surface area contributed by atoms with Crippen molar-refractivity contribution in [3.05, 3.63) is 70.6 Å². The Hall–Kier alpha value is -2.63. The van der Waals surface area contributed by atoms with Gasteiger partial charge in [-0.15, -0.1) is 11.3 Å². The van der Waals surface area contributed by atoms with E-state index >= 15 is 8.78 Å².